The molecule has 36 heavy (non-hydrogen) atoms. The minimum Gasteiger partial charge on any atom is -0.367 e. The molecule has 0 bridgehead atoms. The molecule has 0 unspecified atom stereocenters. The van der Waals surface area contributed by atoms with Crippen LogP contribution in [0.1, 0.15) is 55.4 Å². The van der Waals surface area contributed by atoms with E-state index in [1.807, 2.05) is 0 Å². The maximum Gasteiger partial charge on any atom is 0.0451 e. The van der Waals surface area contributed by atoms with Crippen molar-refractivity contribution in [2.75, 3.05) is 9.80 Å². The number of hydrogen-bond donors (Lipinski definition) is 0. The number of hydrogen-bond acceptors (Lipinski definition) is 2. The molecular formula is C34H40N2. The lowest BCUT2D eigenvalue weighted by Crippen LogP contribution is -2.37. The van der Waals surface area contributed by atoms with Crippen molar-refractivity contribution in [3.05, 3.63) is 72.8 Å². The van der Waals surface area contributed by atoms with Gasteiger partial charge < -0.3 is 9.80 Å². The molecule has 0 heterocycles. The molecule has 0 saturated carbocycles. The largest absolute Gasteiger partial charge is 0.367 e. The highest BCUT2D eigenvalue weighted by Gasteiger charge is 2.20. The molecule has 0 atom stereocenters. The molecule has 0 amide bonds. The van der Waals surface area contributed by atoms with Crippen molar-refractivity contribution in [2.45, 2.75) is 79.6 Å². The first-order valence-corrected chi connectivity index (χ1v) is 13.6. The van der Waals surface area contributed by atoms with Crippen molar-refractivity contribution in [2.24, 2.45) is 0 Å². The number of nitrogens with zero attached hydrogens (tertiary/aromatic N) is 2. The average molecular weight is 477 g/mol. The van der Waals surface area contributed by atoms with Crippen molar-refractivity contribution in [3.63, 3.8) is 0 Å². The number of benzene rings is 5. The van der Waals surface area contributed by atoms with E-state index in [1.165, 1.54) is 54.8 Å². The summed E-state index contributed by atoms with van der Waals surface area (Å²) in [6.07, 6.45) is 0. The van der Waals surface area contributed by atoms with Gasteiger partial charge in [0.2, 0.25) is 0 Å². The van der Waals surface area contributed by atoms with Crippen LogP contribution in [0.2, 0.25) is 0 Å². The molecule has 0 aliphatic carbocycles. The SMILES string of the molecule is CC(C)N(c1ccc(-c2ccc3ccc4c(N(C(C)C)C(C)C)ccc5ccc2c3c54)cc1)C(C)C. The second kappa shape index (κ2) is 9.32. The van der Waals surface area contributed by atoms with Gasteiger partial charge >= 0.3 is 0 Å². The minimum atomic E-state index is 0.439. The molecule has 0 N–H and O–H groups in total. The quantitative estimate of drug-likeness (QED) is 0.216. The van der Waals surface area contributed by atoms with Crippen LogP contribution in [-0.4, -0.2) is 24.2 Å². The van der Waals surface area contributed by atoms with Gasteiger partial charge in [-0.1, -0.05) is 54.6 Å². The topological polar surface area (TPSA) is 6.48 Å². The van der Waals surface area contributed by atoms with Gasteiger partial charge in [-0.2, -0.15) is 0 Å². The Hall–Kier alpha value is -3.26. The zero-order valence-corrected chi connectivity index (χ0v) is 23.1. The molecule has 2 heteroatoms. The van der Waals surface area contributed by atoms with E-state index in [2.05, 4.69) is 138 Å². The standard InChI is InChI=1S/C34H40N2/c1-21(2)35(22(3)4)28-15-9-25(10-16-28)29-17-11-26-13-19-31-32(36(23(5)6)24(7)8)20-14-27-12-18-30(29)33(26)34(27)31/h9-24H,1-8H3. The summed E-state index contributed by atoms with van der Waals surface area (Å²) in [7, 11) is 0. The summed E-state index contributed by atoms with van der Waals surface area (Å²) in [5.41, 5.74) is 5.20. The normalized spacial score (nSPS) is 12.3. The Bertz CT molecular complexity index is 1480. The van der Waals surface area contributed by atoms with Crippen molar-refractivity contribution >= 4 is 43.7 Å². The molecule has 0 aliphatic heterocycles. The molecule has 2 nitrogen and oxygen atoms in total. The summed E-state index contributed by atoms with van der Waals surface area (Å²) in [6, 6.07) is 29.5. The number of rotatable bonds is 7. The zero-order valence-electron chi connectivity index (χ0n) is 23.1. The molecule has 5 aromatic carbocycles. The molecule has 5 aromatic rings. The third-order valence-electron chi connectivity index (χ3n) is 7.62. The Balaban J connectivity index is 1.71. The molecule has 0 fully saturated rings. The summed E-state index contributed by atoms with van der Waals surface area (Å²) >= 11 is 0. The van der Waals surface area contributed by atoms with E-state index in [0.29, 0.717) is 24.2 Å². The summed E-state index contributed by atoms with van der Waals surface area (Å²) in [4.78, 5) is 5.02. The predicted molar refractivity (Wildman–Crippen MR) is 161 cm³/mol. The fourth-order valence-electron chi connectivity index (χ4n) is 6.42. The third kappa shape index (κ3) is 3.97. The zero-order chi connectivity index (χ0) is 25.7. The molecule has 0 saturated heterocycles. The van der Waals surface area contributed by atoms with Gasteiger partial charge in [0.25, 0.3) is 0 Å². The highest BCUT2D eigenvalue weighted by Crippen LogP contribution is 2.43. The van der Waals surface area contributed by atoms with Gasteiger partial charge in [0, 0.05) is 40.9 Å². The van der Waals surface area contributed by atoms with Crippen LogP contribution in [0.3, 0.4) is 0 Å². The van der Waals surface area contributed by atoms with Crippen LogP contribution in [0.4, 0.5) is 11.4 Å². The first-order chi connectivity index (χ1) is 17.2. The lowest BCUT2D eigenvalue weighted by molar-refractivity contribution is 0.608. The van der Waals surface area contributed by atoms with E-state index in [9.17, 15) is 0 Å². The molecular weight excluding hydrogens is 436 g/mol. The van der Waals surface area contributed by atoms with Crippen molar-refractivity contribution in [3.8, 4) is 11.1 Å². The van der Waals surface area contributed by atoms with E-state index in [-0.39, 0.29) is 0 Å². The van der Waals surface area contributed by atoms with Crippen LogP contribution in [-0.2, 0) is 0 Å². The Morgan fingerprint density at radius 3 is 1.47 bits per heavy atom. The number of anilines is 2. The Kier molecular flexibility index (Phi) is 6.32. The monoisotopic (exact) mass is 476 g/mol. The van der Waals surface area contributed by atoms with Gasteiger partial charge in [0.15, 0.2) is 0 Å². The summed E-state index contributed by atoms with van der Waals surface area (Å²) in [5, 5.41) is 8.08. The van der Waals surface area contributed by atoms with Crippen LogP contribution in [0.25, 0.3) is 43.4 Å². The van der Waals surface area contributed by atoms with E-state index in [1.54, 1.807) is 0 Å². The average Bonchev–Trinajstić information content (AvgIpc) is 2.83. The van der Waals surface area contributed by atoms with Gasteiger partial charge in [-0.05, 0) is 112 Å². The Morgan fingerprint density at radius 2 is 0.917 bits per heavy atom. The van der Waals surface area contributed by atoms with Crippen LogP contribution in [0.15, 0.2) is 72.8 Å². The molecule has 0 aromatic heterocycles. The maximum atomic E-state index is 2.54. The van der Waals surface area contributed by atoms with Crippen LogP contribution in [0, 0.1) is 0 Å². The highest BCUT2D eigenvalue weighted by atomic mass is 15.2. The van der Waals surface area contributed by atoms with E-state index < -0.39 is 0 Å². The first-order valence-electron chi connectivity index (χ1n) is 13.6. The van der Waals surface area contributed by atoms with E-state index in [0.717, 1.165) is 0 Å². The molecule has 0 spiro atoms. The third-order valence-corrected chi connectivity index (χ3v) is 7.62. The maximum absolute atomic E-state index is 2.54. The summed E-state index contributed by atoms with van der Waals surface area (Å²) < 4.78 is 0. The van der Waals surface area contributed by atoms with Gasteiger partial charge in [-0.3, -0.25) is 0 Å². The fourth-order valence-corrected chi connectivity index (χ4v) is 6.42. The lowest BCUT2D eigenvalue weighted by Gasteiger charge is -2.34. The second-order valence-corrected chi connectivity index (χ2v) is 11.4. The van der Waals surface area contributed by atoms with Gasteiger partial charge in [-0.15, -0.1) is 0 Å². The molecule has 0 aliphatic rings. The van der Waals surface area contributed by atoms with Crippen molar-refractivity contribution in [1.29, 1.82) is 0 Å². The smallest absolute Gasteiger partial charge is 0.0451 e. The van der Waals surface area contributed by atoms with Crippen LogP contribution in [0.5, 0.6) is 0 Å². The summed E-state index contributed by atoms with van der Waals surface area (Å²) in [5.74, 6) is 0. The Labute approximate surface area is 216 Å². The van der Waals surface area contributed by atoms with Gasteiger partial charge in [0.1, 0.15) is 0 Å². The molecule has 0 radical (unpaired) electrons. The van der Waals surface area contributed by atoms with Crippen molar-refractivity contribution in [1.82, 2.24) is 0 Å². The Morgan fingerprint density at radius 1 is 0.444 bits per heavy atom. The predicted octanol–water partition coefficient (Wildman–Crippen LogP) is 9.50. The van der Waals surface area contributed by atoms with E-state index >= 15 is 0 Å². The fraction of sp³-hybridized carbons (Fsp3) is 0.353. The van der Waals surface area contributed by atoms with E-state index in [4.69, 9.17) is 0 Å². The molecule has 186 valence electrons. The molecule has 5 rings (SSSR count). The van der Waals surface area contributed by atoms with Gasteiger partial charge in [-0.25, -0.2) is 0 Å². The van der Waals surface area contributed by atoms with Crippen molar-refractivity contribution < 1.29 is 0 Å². The summed E-state index contributed by atoms with van der Waals surface area (Å²) in [6.45, 7) is 18.2. The van der Waals surface area contributed by atoms with Crippen LogP contribution < -0.4 is 9.80 Å². The van der Waals surface area contributed by atoms with Gasteiger partial charge in [0.05, 0.1) is 0 Å². The highest BCUT2D eigenvalue weighted by molar-refractivity contribution is 6.27. The lowest BCUT2D eigenvalue weighted by atomic mass is 9.89. The first kappa shape index (κ1) is 24.4. The second-order valence-electron chi connectivity index (χ2n) is 11.4. The van der Waals surface area contributed by atoms with Crippen LogP contribution >= 0.6 is 0 Å². The minimum absolute atomic E-state index is 0.439.